The number of hydrogen-bond acceptors (Lipinski definition) is 6. The van der Waals surface area contributed by atoms with Crippen LogP contribution in [0.5, 0.6) is 0 Å². The third-order valence-electron chi connectivity index (χ3n) is 4.14. The Hall–Kier alpha value is -1.59. The lowest BCUT2D eigenvalue weighted by atomic mass is 9.69. The van der Waals surface area contributed by atoms with Gasteiger partial charge >= 0.3 is 11.8 Å². The van der Waals surface area contributed by atoms with Crippen LogP contribution in [0.3, 0.4) is 0 Å². The number of hydrogen-bond donors (Lipinski definition) is 0. The molecule has 1 aromatic heterocycles. The number of esters is 1. The average molecular weight is 311 g/mol. The summed E-state index contributed by atoms with van der Waals surface area (Å²) in [4.78, 5) is 23.0. The molecule has 1 heterocycles. The molecule has 0 aromatic carbocycles. The Morgan fingerprint density at radius 3 is 2.50 bits per heavy atom. The Kier molecular flexibility index (Phi) is 5.08. The van der Waals surface area contributed by atoms with Crippen LogP contribution in [0.1, 0.15) is 71.6 Å². The van der Waals surface area contributed by atoms with E-state index in [0.29, 0.717) is 18.7 Å². The van der Waals surface area contributed by atoms with Crippen molar-refractivity contribution < 1.29 is 18.5 Å². The van der Waals surface area contributed by atoms with Crippen molar-refractivity contribution in [1.82, 2.24) is 5.16 Å². The van der Waals surface area contributed by atoms with Gasteiger partial charge in [-0.1, -0.05) is 19.3 Å². The molecule has 124 valence electrons. The van der Waals surface area contributed by atoms with E-state index < -0.39 is 11.4 Å². The molecule has 6 nitrogen and oxygen atoms in total. The molecule has 0 amide bonds. The molecule has 0 saturated heterocycles. The van der Waals surface area contributed by atoms with Crippen LogP contribution in [0.2, 0.25) is 0 Å². The summed E-state index contributed by atoms with van der Waals surface area (Å²) in [5, 5.41) is 3.67. The molecular weight excluding hydrogens is 286 g/mol. The highest BCUT2D eigenvalue weighted by atomic mass is 16.6. The van der Waals surface area contributed by atoms with Gasteiger partial charge in [-0.2, -0.15) is 0 Å². The highest BCUT2D eigenvalue weighted by molar-refractivity contribution is 5.69. The Morgan fingerprint density at radius 2 is 1.95 bits per heavy atom. The first-order valence-corrected chi connectivity index (χ1v) is 7.96. The topological polar surface area (TPSA) is 82.5 Å². The molecule has 0 aliphatic heterocycles. The maximum absolute atomic E-state index is 12.0. The second-order valence-corrected chi connectivity index (χ2v) is 7.25. The molecule has 1 saturated carbocycles. The molecule has 1 aromatic rings. The van der Waals surface area contributed by atoms with Gasteiger partial charge in [0.2, 0.25) is 5.89 Å². The van der Waals surface area contributed by atoms with Gasteiger partial charge in [-0.25, -0.2) is 4.79 Å². The Morgan fingerprint density at radius 1 is 1.27 bits per heavy atom. The number of nitrogens with zero attached hydrogens (tertiary/aromatic N) is 1. The van der Waals surface area contributed by atoms with Crippen molar-refractivity contribution in [3.05, 3.63) is 16.5 Å². The van der Waals surface area contributed by atoms with E-state index in [1.165, 1.54) is 6.42 Å². The van der Waals surface area contributed by atoms with Crippen LogP contribution >= 0.6 is 0 Å². The lowest BCUT2D eigenvalue weighted by Gasteiger charge is -2.36. The molecule has 0 unspecified atom stereocenters. The minimum absolute atomic E-state index is 0.0536. The van der Waals surface area contributed by atoms with Gasteiger partial charge in [0.1, 0.15) is 5.60 Å². The van der Waals surface area contributed by atoms with Crippen molar-refractivity contribution in [1.29, 1.82) is 0 Å². The molecular formula is C16H25NO5. The number of carbonyl (C=O) groups excluding carboxylic acids is 1. The SMILES string of the molecule is CC(C)(C)OC(=O)CCC1(Cc2noc(=O)o2)CCCCC1. The van der Waals surface area contributed by atoms with Crippen molar-refractivity contribution in [2.24, 2.45) is 5.41 Å². The largest absolute Gasteiger partial charge is 0.542 e. The molecule has 22 heavy (non-hydrogen) atoms. The monoisotopic (exact) mass is 311 g/mol. The highest BCUT2D eigenvalue weighted by Crippen LogP contribution is 2.42. The zero-order chi connectivity index (χ0) is 16.2. The smallest absolute Gasteiger partial charge is 0.460 e. The molecule has 0 N–H and O–H groups in total. The second-order valence-electron chi connectivity index (χ2n) is 7.25. The lowest BCUT2D eigenvalue weighted by Crippen LogP contribution is -2.30. The van der Waals surface area contributed by atoms with Crippen molar-refractivity contribution in [2.45, 2.75) is 77.7 Å². The summed E-state index contributed by atoms with van der Waals surface area (Å²) in [5.74, 6) is -0.622. The standard InChI is InChI=1S/C16H25NO5/c1-15(2,3)21-13(18)7-10-16(8-5-4-6-9-16)11-12-17-22-14(19)20-12/h4-11H2,1-3H3. The van der Waals surface area contributed by atoms with Crippen molar-refractivity contribution >= 4 is 5.97 Å². The van der Waals surface area contributed by atoms with E-state index in [-0.39, 0.29) is 11.4 Å². The van der Waals surface area contributed by atoms with E-state index in [4.69, 9.17) is 9.15 Å². The molecule has 6 heteroatoms. The normalized spacial score (nSPS) is 18.1. The molecule has 2 rings (SSSR count). The van der Waals surface area contributed by atoms with E-state index in [2.05, 4.69) is 9.68 Å². The van der Waals surface area contributed by atoms with Gasteiger partial charge in [0.25, 0.3) is 0 Å². The number of aromatic nitrogens is 1. The Balaban J connectivity index is 1.99. The van der Waals surface area contributed by atoms with Gasteiger partial charge in [0.15, 0.2) is 0 Å². The van der Waals surface area contributed by atoms with Crippen LogP contribution in [0.15, 0.2) is 13.7 Å². The lowest BCUT2D eigenvalue weighted by molar-refractivity contribution is -0.155. The van der Waals surface area contributed by atoms with Gasteiger partial charge in [-0.3, -0.25) is 9.32 Å². The first kappa shape index (κ1) is 16.8. The number of rotatable bonds is 5. The third-order valence-corrected chi connectivity index (χ3v) is 4.14. The zero-order valence-corrected chi connectivity index (χ0v) is 13.6. The van der Waals surface area contributed by atoms with Gasteiger partial charge in [-0.05, 0) is 50.6 Å². The van der Waals surface area contributed by atoms with Gasteiger partial charge in [0, 0.05) is 12.8 Å². The summed E-state index contributed by atoms with van der Waals surface area (Å²) in [6.07, 6.45) is 7.10. The van der Waals surface area contributed by atoms with Crippen molar-refractivity contribution in [2.75, 3.05) is 0 Å². The number of ether oxygens (including phenoxy) is 1. The predicted octanol–water partition coefficient (Wildman–Crippen LogP) is 3.24. The minimum atomic E-state index is -0.770. The van der Waals surface area contributed by atoms with E-state index in [0.717, 1.165) is 32.1 Å². The molecule has 0 radical (unpaired) electrons. The third kappa shape index (κ3) is 5.00. The maximum atomic E-state index is 12.0. The average Bonchev–Trinajstić information content (AvgIpc) is 2.81. The van der Waals surface area contributed by atoms with Crippen LogP contribution < -0.4 is 5.82 Å². The molecule has 0 spiro atoms. The van der Waals surface area contributed by atoms with E-state index in [1.807, 2.05) is 20.8 Å². The zero-order valence-electron chi connectivity index (χ0n) is 13.6. The molecule has 0 bridgehead atoms. The van der Waals surface area contributed by atoms with Crippen LogP contribution in [-0.2, 0) is 16.0 Å². The van der Waals surface area contributed by atoms with Crippen molar-refractivity contribution in [3.8, 4) is 0 Å². The molecule has 1 fully saturated rings. The maximum Gasteiger partial charge on any atom is 0.542 e. The van der Waals surface area contributed by atoms with Crippen LogP contribution in [0.25, 0.3) is 0 Å². The van der Waals surface area contributed by atoms with Gasteiger partial charge < -0.3 is 9.15 Å². The molecule has 1 aliphatic rings. The van der Waals surface area contributed by atoms with Crippen LogP contribution in [-0.4, -0.2) is 16.7 Å². The fourth-order valence-corrected chi connectivity index (χ4v) is 3.19. The fourth-order valence-electron chi connectivity index (χ4n) is 3.19. The summed E-state index contributed by atoms with van der Waals surface area (Å²) in [6, 6.07) is 0. The van der Waals surface area contributed by atoms with Crippen LogP contribution in [0.4, 0.5) is 0 Å². The van der Waals surface area contributed by atoms with Crippen molar-refractivity contribution in [3.63, 3.8) is 0 Å². The van der Waals surface area contributed by atoms with Gasteiger partial charge in [-0.15, -0.1) is 0 Å². The summed E-state index contributed by atoms with van der Waals surface area (Å²) in [7, 11) is 0. The summed E-state index contributed by atoms with van der Waals surface area (Å²) in [6.45, 7) is 5.60. The Labute approximate surface area is 130 Å². The first-order valence-electron chi connectivity index (χ1n) is 7.96. The highest BCUT2D eigenvalue weighted by Gasteiger charge is 2.35. The van der Waals surface area contributed by atoms with Gasteiger partial charge in [0.05, 0.1) is 0 Å². The van der Waals surface area contributed by atoms with E-state index in [1.54, 1.807) is 0 Å². The first-order chi connectivity index (χ1) is 10.3. The molecule has 0 atom stereocenters. The predicted molar refractivity (Wildman–Crippen MR) is 79.3 cm³/mol. The quantitative estimate of drug-likeness (QED) is 0.776. The minimum Gasteiger partial charge on any atom is -0.460 e. The Bertz CT molecular complexity index is 545. The van der Waals surface area contributed by atoms with Crippen LogP contribution in [0, 0.1) is 5.41 Å². The molecule has 1 aliphatic carbocycles. The summed E-state index contributed by atoms with van der Waals surface area (Å²) < 4.78 is 14.8. The summed E-state index contributed by atoms with van der Waals surface area (Å²) >= 11 is 0. The number of carbonyl (C=O) groups is 1. The fraction of sp³-hybridized carbons (Fsp3) is 0.812. The van der Waals surface area contributed by atoms with E-state index >= 15 is 0 Å². The van der Waals surface area contributed by atoms with E-state index in [9.17, 15) is 9.59 Å². The second kappa shape index (κ2) is 6.67. The summed E-state index contributed by atoms with van der Waals surface area (Å²) in [5.41, 5.74) is -0.516.